The van der Waals surface area contributed by atoms with Crippen LogP contribution in [0.2, 0.25) is 0 Å². The number of carbonyl (C=O) groups is 3. The third kappa shape index (κ3) is 8.34. The zero-order valence-electron chi connectivity index (χ0n) is 21.6. The van der Waals surface area contributed by atoms with Gasteiger partial charge in [-0.15, -0.1) is 0 Å². The Kier molecular flexibility index (Phi) is 10.1. The molecule has 7 nitrogen and oxygen atoms in total. The molecule has 1 fully saturated rings. The average molecular weight is 507 g/mol. The Morgan fingerprint density at radius 1 is 1.08 bits per heavy atom. The molecule has 196 valence electrons. The summed E-state index contributed by atoms with van der Waals surface area (Å²) < 4.78 is 22.2. The van der Waals surface area contributed by atoms with E-state index in [2.05, 4.69) is 13.5 Å². The van der Waals surface area contributed by atoms with Crippen LogP contribution in [0, 0.1) is 0 Å². The fourth-order valence-electron chi connectivity index (χ4n) is 3.66. The molecule has 0 saturated carbocycles. The highest BCUT2D eigenvalue weighted by atomic mass is 16.6. The first-order valence-corrected chi connectivity index (χ1v) is 12.7. The van der Waals surface area contributed by atoms with E-state index in [-0.39, 0.29) is 24.3 Å². The summed E-state index contributed by atoms with van der Waals surface area (Å²) in [6.45, 7) is 9.63. The molecule has 0 aliphatic carbocycles. The Morgan fingerprint density at radius 2 is 1.76 bits per heavy atom. The molecular weight excluding hydrogens is 472 g/mol. The molecule has 0 radical (unpaired) electrons. The molecule has 2 aromatic rings. The summed E-state index contributed by atoms with van der Waals surface area (Å²) in [6, 6.07) is 13.5. The summed E-state index contributed by atoms with van der Waals surface area (Å²) in [5.74, 6) is -0.317. The zero-order chi connectivity index (χ0) is 26.8. The fourth-order valence-corrected chi connectivity index (χ4v) is 3.66. The topological polar surface area (TPSA) is 88.1 Å². The number of rotatable bonds is 12. The summed E-state index contributed by atoms with van der Waals surface area (Å²) in [7, 11) is 0. The molecule has 0 bridgehead atoms. The smallest absolute Gasteiger partial charge is 0.343 e. The number of hydrogen-bond donors (Lipinski definition) is 0. The van der Waals surface area contributed by atoms with Gasteiger partial charge in [-0.05, 0) is 74.2 Å². The quantitative estimate of drug-likeness (QED) is 0.196. The molecule has 0 spiro atoms. The number of unbranched alkanes of at least 4 members (excludes halogenated alkanes) is 1. The van der Waals surface area contributed by atoms with Crippen LogP contribution < -0.4 is 9.47 Å². The molecule has 1 aliphatic rings. The Bertz CT molecular complexity index is 1100. The lowest BCUT2D eigenvalue weighted by Crippen LogP contribution is -2.31. The average Bonchev–Trinajstić information content (AvgIpc) is 3.24. The number of benzene rings is 2. The second-order valence-corrected chi connectivity index (χ2v) is 9.02. The van der Waals surface area contributed by atoms with Crippen molar-refractivity contribution in [2.24, 2.45) is 0 Å². The highest BCUT2D eigenvalue weighted by Gasteiger charge is 2.35. The van der Waals surface area contributed by atoms with Gasteiger partial charge in [-0.2, -0.15) is 0 Å². The molecule has 1 heterocycles. The molecular formula is C30H34O7. The van der Waals surface area contributed by atoms with Crippen molar-refractivity contribution in [2.75, 3.05) is 0 Å². The minimum atomic E-state index is -0.504. The lowest BCUT2D eigenvalue weighted by molar-refractivity contribution is -0.143. The van der Waals surface area contributed by atoms with Crippen molar-refractivity contribution in [1.29, 1.82) is 0 Å². The van der Waals surface area contributed by atoms with E-state index in [1.807, 2.05) is 13.8 Å². The van der Waals surface area contributed by atoms with E-state index in [0.717, 1.165) is 31.2 Å². The molecule has 1 aliphatic heterocycles. The van der Waals surface area contributed by atoms with Gasteiger partial charge in [0.25, 0.3) is 0 Å². The minimum absolute atomic E-state index is 0.130. The number of ether oxygens (including phenoxy) is 4. The third-order valence-electron chi connectivity index (χ3n) is 6.02. The predicted molar refractivity (Wildman–Crippen MR) is 140 cm³/mol. The van der Waals surface area contributed by atoms with Crippen LogP contribution in [-0.4, -0.2) is 36.2 Å². The molecule has 7 heteroatoms. The fraction of sp³-hybridized carbons (Fsp3) is 0.367. The Balaban J connectivity index is 1.56. The van der Waals surface area contributed by atoms with Crippen molar-refractivity contribution in [2.45, 2.75) is 71.2 Å². The first-order chi connectivity index (χ1) is 17.8. The predicted octanol–water partition coefficient (Wildman–Crippen LogP) is 6.07. The van der Waals surface area contributed by atoms with Gasteiger partial charge in [-0.25, -0.2) is 14.4 Å². The number of cyclic esters (lactones) is 1. The molecule has 0 N–H and O–H groups in total. The Morgan fingerprint density at radius 3 is 2.35 bits per heavy atom. The Hall–Kier alpha value is -3.87. The van der Waals surface area contributed by atoms with E-state index < -0.39 is 11.9 Å². The third-order valence-corrected chi connectivity index (χ3v) is 6.02. The van der Waals surface area contributed by atoms with Gasteiger partial charge in [0.1, 0.15) is 23.7 Å². The summed E-state index contributed by atoms with van der Waals surface area (Å²) in [4.78, 5) is 36.1. The lowest BCUT2D eigenvalue weighted by Gasteiger charge is -2.23. The van der Waals surface area contributed by atoms with Crippen LogP contribution in [-0.2, 0) is 19.1 Å². The zero-order valence-corrected chi connectivity index (χ0v) is 21.6. The van der Waals surface area contributed by atoms with Gasteiger partial charge in [0, 0.05) is 18.1 Å². The van der Waals surface area contributed by atoms with Crippen LogP contribution >= 0.6 is 0 Å². The van der Waals surface area contributed by atoms with Crippen molar-refractivity contribution >= 4 is 24.0 Å². The summed E-state index contributed by atoms with van der Waals surface area (Å²) >= 11 is 0. The maximum Gasteiger partial charge on any atom is 0.343 e. The summed E-state index contributed by atoms with van der Waals surface area (Å²) in [5.41, 5.74) is 1.60. The van der Waals surface area contributed by atoms with Crippen molar-refractivity contribution in [3.8, 4) is 11.5 Å². The van der Waals surface area contributed by atoms with Gasteiger partial charge in [0.2, 0.25) is 0 Å². The van der Waals surface area contributed by atoms with Crippen LogP contribution in [0.5, 0.6) is 11.5 Å². The van der Waals surface area contributed by atoms with Gasteiger partial charge < -0.3 is 18.9 Å². The van der Waals surface area contributed by atoms with E-state index in [0.29, 0.717) is 29.1 Å². The maximum absolute atomic E-state index is 12.6. The SMILES string of the molecule is C=C1CC(C(CCCC)Oc2ccc(C(=O)Oc3ccc(/C=C/C(=O)OC(C)CC)cc3)cc2)OC1=O. The first-order valence-electron chi connectivity index (χ1n) is 12.7. The molecule has 3 rings (SSSR count). The van der Waals surface area contributed by atoms with Gasteiger partial charge in [-0.1, -0.05) is 39.0 Å². The van der Waals surface area contributed by atoms with E-state index in [4.69, 9.17) is 18.9 Å². The minimum Gasteiger partial charge on any atom is -0.487 e. The highest BCUT2D eigenvalue weighted by molar-refractivity contribution is 5.91. The van der Waals surface area contributed by atoms with Crippen molar-refractivity contribution < 1.29 is 33.3 Å². The van der Waals surface area contributed by atoms with Crippen LogP contribution in [0.3, 0.4) is 0 Å². The van der Waals surface area contributed by atoms with Crippen LogP contribution in [0.25, 0.3) is 6.08 Å². The first kappa shape index (κ1) is 27.7. The molecule has 1 saturated heterocycles. The lowest BCUT2D eigenvalue weighted by atomic mass is 10.0. The van der Waals surface area contributed by atoms with Gasteiger partial charge >= 0.3 is 17.9 Å². The van der Waals surface area contributed by atoms with E-state index >= 15 is 0 Å². The number of esters is 3. The normalized spacial score (nSPS) is 16.8. The highest BCUT2D eigenvalue weighted by Crippen LogP contribution is 2.27. The monoisotopic (exact) mass is 506 g/mol. The van der Waals surface area contributed by atoms with E-state index in [1.54, 1.807) is 54.6 Å². The van der Waals surface area contributed by atoms with Crippen LogP contribution in [0.15, 0.2) is 66.8 Å². The van der Waals surface area contributed by atoms with Crippen LogP contribution in [0.4, 0.5) is 0 Å². The summed E-state index contributed by atoms with van der Waals surface area (Å²) in [5, 5.41) is 0. The molecule has 0 aromatic heterocycles. The van der Waals surface area contributed by atoms with E-state index in [1.165, 1.54) is 6.08 Å². The number of carbonyl (C=O) groups excluding carboxylic acids is 3. The van der Waals surface area contributed by atoms with Crippen molar-refractivity contribution in [3.05, 3.63) is 77.9 Å². The molecule has 0 amide bonds. The summed E-state index contributed by atoms with van der Waals surface area (Å²) in [6.07, 6.45) is 6.12. The van der Waals surface area contributed by atoms with Crippen LogP contribution in [0.1, 0.15) is 68.8 Å². The molecule has 2 aromatic carbocycles. The standard InChI is InChI=1S/C30H34O7/c1-5-7-8-26(27-19-20(3)29(32)37-27)35-24-16-12-23(13-17-24)30(33)36-25-14-9-22(10-15-25)11-18-28(31)34-21(4)6-2/h9-18,21,26-27H,3,5-8,19H2,1-2,4H3/b18-11+. The van der Waals surface area contributed by atoms with Crippen molar-refractivity contribution in [3.63, 3.8) is 0 Å². The van der Waals surface area contributed by atoms with E-state index in [9.17, 15) is 14.4 Å². The molecule has 3 atom stereocenters. The van der Waals surface area contributed by atoms with Gasteiger partial charge in [-0.3, -0.25) is 0 Å². The second-order valence-electron chi connectivity index (χ2n) is 9.02. The largest absolute Gasteiger partial charge is 0.487 e. The Labute approximate surface area is 218 Å². The van der Waals surface area contributed by atoms with Gasteiger partial charge in [0.15, 0.2) is 0 Å². The second kappa shape index (κ2) is 13.4. The van der Waals surface area contributed by atoms with Gasteiger partial charge in [0.05, 0.1) is 11.7 Å². The maximum atomic E-state index is 12.6. The molecule has 3 unspecified atom stereocenters. The molecule has 37 heavy (non-hydrogen) atoms. The number of hydrogen-bond acceptors (Lipinski definition) is 7. The van der Waals surface area contributed by atoms with Crippen molar-refractivity contribution in [1.82, 2.24) is 0 Å².